The zero-order valence-electron chi connectivity index (χ0n) is 28.2. The smallest absolute Gasteiger partial charge is 0.471 e. The van der Waals surface area contributed by atoms with Gasteiger partial charge >= 0.3 is 21.3 Å². The number of pyridine rings is 1. The normalized spacial score (nSPS) is 14.8. The lowest BCUT2D eigenvalue weighted by molar-refractivity contribution is -0.657. The van der Waals surface area contributed by atoms with Crippen molar-refractivity contribution in [1.82, 2.24) is 0 Å². The molecule has 0 radical (unpaired) electrons. The molecule has 3 aromatic rings. The number of fused-ring (bicyclic) bond motifs is 1. The summed E-state index contributed by atoms with van der Waals surface area (Å²) < 4.78 is 103. The highest BCUT2D eigenvalue weighted by atomic mass is 32.1. The van der Waals surface area contributed by atoms with Crippen LogP contribution in [0, 0.1) is 23.3 Å². The minimum absolute atomic E-state index is 0.0818. The molecule has 0 aliphatic rings. The number of carbonyl (C=O) groups is 1. The average Bonchev–Trinajstić information content (AvgIpc) is 3.10. The lowest BCUT2D eigenvalue weighted by Crippen LogP contribution is -2.32. The number of benzene rings is 2. The summed E-state index contributed by atoms with van der Waals surface area (Å²) in [5, 5.41) is 1.33. The number of phosphoric ester groups is 1. The van der Waals surface area contributed by atoms with Gasteiger partial charge in [-0.3, -0.25) is 23.3 Å². The Labute approximate surface area is 307 Å². The number of nitrogens with two attached hydrogens (primary N) is 2. The quantitative estimate of drug-likeness (QED) is 0.0198. The maximum absolute atomic E-state index is 14.3. The Morgan fingerprint density at radius 1 is 0.868 bits per heavy atom. The van der Waals surface area contributed by atoms with Gasteiger partial charge in [-0.2, -0.15) is 17.4 Å². The summed E-state index contributed by atoms with van der Waals surface area (Å²) in [6.45, 7) is -2.32. The van der Waals surface area contributed by atoms with Gasteiger partial charge in [0.05, 0.1) is 57.7 Å². The molecule has 0 saturated heterocycles. The Balaban J connectivity index is 1.71. The van der Waals surface area contributed by atoms with Gasteiger partial charge in [0.15, 0.2) is 23.3 Å². The van der Waals surface area contributed by atoms with Crippen molar-refractivity contribution in [2.24, 2.45) is 28.0 Å². The summed E-state index contributed by atoms with van der Waals surface area (Å²) in [4.78, 5) is 55.0. The molecule has 0 aliphatic heterocycles. The predicted molar refractivity (Wildman–Crippen MR) is 187 cm³/mol. The first kappa shape index (κ1) is 45.1. The van der Waals surface area contributed by atoms with Crippen molar-refractivity contribution in [1.29, 1.82) is 0 Å². The van der Waals surface area contributed by atoms with Gasteiger partial charge in [0, 0.05) is 4.74 Å². The lowest BCUT2D eigenvalue weighted by Gasteiger charge is -2.24. The molecule has 3 atom stereocenters. The second-order valence-electron chi connectivity index (χ2n) is 11.2. The van der Waals surface area contributed by atoms with Crippen LogP contribution in [0.2, 0.25) is 0 Å². The van der Waals surface area contributed by atoms with Crippen LogP contribution >= 0.6 is 35.9 Å². The molecular formula is C29H40F4N5O11P3S. The number of halogens is 4. The molecule has 3 rings (SSSR count). The highest BCUT2D eigenvalue weighted by Crippen LogP contribution is 2.51. The minimum atomic E-state index is -5.09. The van der Waals surface area contributed by atoms with Crippen molar-refractivity contribution in [3.8, 4) is 0 Å². The summed E-state index contributed by atoms with van der Waals surface area (Å²) in [6, 6.07) is 7.69. The number of thiol groups is 1. The van der Waals surface area contributed by atoms with Crippen LogP contribution in [0.25, 0.3) is 10.8 Å². The molecule has 0 spiro atoms. The Bertz CT molecular complexity index is 1880. The van der Waals surface area contributed by atoms with E-state index in [1.54, 1.807) is 48.1 Å². The lowest BCUT2D eigenvalue weighted by atomic mass is 10.1. The third-order valence-corrected chi connectivity index (χ3v) is 10.7. The fraction of sp³-hybridized carbons (Fsp3) is 0.448. The van der Waals surface area contributed by atoms with Crippen LogP contribution in [0.5, 0.6) is 0 Å². The summed E-state index contributed by atoms with van der Waals surface area (Å²) in [5.74, 6) is -9.75. The molecule has 0 aliphatic carbocycles. The Kier molecular flexibility index (Phi) is 17.5. The number of amides is 1. The highest BCUT2D eigenvalue weighted by Gasteiger charge is 2.32. The second-order valence-corrected chi connectivity index (χ2v) is 16.2. The van der Waals surface area contributed by atoms with Gasteiger partial charge in [-0.05, 0) is 42.5 Å². The molecule has 0 saturated carbocycles. The van der Waals surface area contributed by atoms with E-state index in [0.717, 1.165) is 30.4 Å². The van der Waals surface area contributed by atoms with Crippen molar-refractivity contribution in [2.45, 2.75) is 38.1 Å². The molecule has 24 heteroatoms. The van der Waals surface area contributed by atoms with Crippen molar-refractivity contribution in [3.05, 3.63) is 65.4 Å². The Morgan fingerprint density at radius 3 is 2.13 bits per heavy atom. The van der Waals surface area contributed by atoms with E-state index in [2.05, 4.69) is 22.1 Å². The van der Waals surface area contributed by atoms with Gasteiger partial charge in [0.2, 0.25) is 0 Å². The van der Waals surface area contributed by atoms with Gasteiger partial charge < -0.3 is 39.7 Å². The molecule has 3 unspecified atom stereocenters. The number of phosphoric acid groups is 1. The van der Waals surface area contributed by atoms with E-state index in [1.807, 2.05) is 0 Å². The van der Waals surface area contributed by atoms with Gasteiger partial charge in [-0.1, -0.05) is 31.0 Å². The van der Waals surface area contributed by atoms with Crippen molar-refractivity contribution in [3.63, 3.8) is 0 Å². The van der Waals surface area contributed by atoms with E-state index in [4.69, 9.17) is 34.1 Å². The first-order chi connectivity index (χ1) is 24.9. The number of carbonyl (C=O) groups excluding carboxylic acids is 1. The predicted octanol–water partition coefficient (Wildman–Crippen LogP) is 4.91. The number of hydrogen-bond donors (Lipinski definition) is 6. The fourth-order valence-electron chi connectivity index (χ4n) is 4.36. The van der Waals surface area contributed by atoms with E-state index < -0.39 is 96.2 Å². The van der Waals surface area contributed by atoms with E-state index in [0.29, 0.717) is 11.8 Å². The molecule has 1 aromatic heterocycles. The van der Waals surface area contributed by atoms with Crippen molar-refractivity contribution in [2.75, 3.05) is 38.8 Å². The topological polar surface area (TPSA) is 245 Å². The summed E-state index contributed by atoms with van der Waals surface area (Å²) in [6.07, 6.45) is 4.36. The molecule has 53 heavy (non-hydrogen) atoms. The molecule has 296 valence electrons. The van der Waals surface area contributed by atoms with E-state index >= 15 is 0 Å². The van der Waals surface area contributed by atoms with Gasteiger partial charge in [0.1, 0.15) is 11.3 Å². The minimum Gasteiger partial charge on any atom is -0.756 e. The fourth-order valence-corrected chi connectivity index (χ4v) is 7.68. The Morgan fingerprint density at radius 2 is 1.47 bits per heavy atom. The molecule has 16 nitrogen and oxygen atoms in total. The molecule has 0 fully saturated rings. The first-order valence-corrected chi connectivity index (χ1v) is 21.0. The maximum atomic E-state index is 14.3. The van der Waals surface area contributed by atoms with Crippen LogP contribution in [0.4, 0.5) is 29.1 Å². The zero-order valence-corrected chi connectivity index (χ0v) is 31.8. The molecule has 0 bridgehead atoms. The SMILES string of the molecule is C[n+]1ccc2ccccc2c1N=P(O)(OCCCOP(O)(O)=Nc1c(F)c(F)c(C(N)=O)c(F)c1F)OCC(N)COP(=O)([O-])OCCCCCCS. The molecular weight excluding hydrogens is 795 g/mol. The van der Waals surface area contributed by atoms with Crippen molar-refractivity contribution < 1.29 is 73.7 Å². The van der Waals surface area contributed by atoms with Crippen LogP contribution < -0.4 is 20.9 Å². The highest BCUT2D eigenvalue weighted by molar-refractivity contribution is 7.80. The maximum Gasteiger partial charge on any atom is 0.471 e. The summed E-state index contributed by atoms with van der Waals surface area (Å²) in [5.41, 5.74) is 7.20. The van der Waals surface area contributed by atoms with E-state index in [9.17, 15) is 46.5 Å². The molecule has 7 N–H and O–H groups in total. The van der Waals surface area contributed by atoms with Crippen LogP contribution in [-0.4, -0.2) is 65.4 Å². The number of nitrogens with zero attached hydrogens (tertiary/aromatic N) is 3. The van der Waals surface area contributed by atoms with Crippen LogP contribution in [0.3, 0.4) is 0 Å². The first-order valence-electron chi connectivity index (χ1n) is 15.8. The monoisotopic (exact) mass is 835 g/mol. The third kappa shape index (κ3) is 13.7. The number of unbranched alkanes of at least 4 members (excludes halogenated alkanes) is 3. The number of hydrogen-bond acceptors (Lipinski definition) is 12. The summed E-state index contributed by atoms with van der Waals surface area (Å²) >= 11 is 4.11. The number of aromatic nitrogens is 1. The van der Waals surface area contributed by atoms with Crippen LogP contribution in [-0.2, 0) is 34.2 Å². The molecule has 2 aromatic carbocycles. The van der Waals surface area contributed by atoms with Crippen LogP contribution in [0.1, 0.15) is 42.5 Å². The number of primary amides is 1. The standard InChI is InChI=1S/C29H40F4N5O11P3S/c1-38-12-11-19-9-4-5-10-21(19)29(38)37-51(42,48-17-20(34)18-49-52(43,44)47-13-6-2-3-7-16-53)46-15-8-14-45-50(40,41)36-27-25(32)23(30)22(28(35)39)24(31)26(27)33/h4-5,9-12,20H,2-3,6-8,13-18,34H2,1H3,(H6-,35,39,40,41,42,43,44,53). The van der Waals surface area contributed by atoms with Gasteiger partial charge in [0.25, 0.3) is 13.7 Å². The summed E-state index contributed by atoms with van der Waals surface area (Å²) in [7, 11) is -12.4. The van der Waals surface area contributed by atoms with Crippen molar-refractivity contribution >= 4 is 64.1 Å². The zero-order chi connectivity index (χ0) is 39.4. The largest absolute Gasteiger partial charge is 0.756 e. The Hall–Kier alpha value is -2.32. The van der Waals surface area contributed by atoms with Crippen LogP contribution in [0.15, 0.2) is 46.0 Å². The van der Waals surface area contributed by atoms with E-state index in [1.165, 1.54) is 0 Å². The average molecular weight is 836 g/mol. The van der Waals surface area contributed by atoms with E-state index in [-0.39, 0.29) is 18.8 Å². The van der Waals surface area contributed by atoms with Gasteiger partial charge in [-0.25, -0.2) is 22.1 Å². The molecule has 1 heterocycles. The van der Waals surface area contributed by atoms with Gasteiger partial charge in [-0.15, -0.1) is 0 Å². The second kappa shape index (κ2) is 20.6. The molecule has 1 amide bonds. The number of rotatable bonds is 22. The number of aryl methyl sites for hydroxylation is 1. The third-order valence-electron chi connectivity index (χ3n) is 6.97.